The zero-order valence-electron chi connectivity index (χ0n) is 12.9. The van der Waals surface area contributed by atoms with E-state index in [9.17, 15) is 9.59 Å². The Morgan fingerprint density at radius 1 is 1.35 bits per heavy atom. The molecule has 0 radical (unpaired) electrons. The number of nitrogens with zero attached hydrogens (tertiary/aromatic N) is 1. The molecule has 1 amide bonds. The topological polar surface area (TPSA) is 55.8 Å². The zero-order chi connectivity index (χ0) is 15.4. The van der Waals surface area contributed by atoms with Crippen molar-refractivity contribution in [3.63, 3.8) is 0 Å². The van der Waals surface area contributed by atoms with E-state index in [0.717, 1.165) is 6.42 Å². The SMILES string of the molecule is CC#CCC1(C(=O)OC)CCCN1C(=O)OC(C)(C)C. The van der Waals surface area contributed by atoms with Crippen LogP contribution in [0, 0.1) is 11.8 Å². The molecule has 0 spiro atoms. The minimum atomic E-state index is -1.01. The molecule has 1 saturated heterocycles. The number of hydrogen-bond donors (Lipinski definition) is 0. The van der Waals surface area contributed by atoms with Gasteiger partial charge in [-0.3, -0.25) is 4.90 Å². The van der Waals surface area contributed by atoms with Crippen LogP contribution in [0.25, 0.3) is 0 Å². The van der Waals surface area contributed by atoms with Crippen LogP contribution in [0.3, 0.4) is 0 Å². The van der Waals surface area contributed by atoms with Crippen molar-refractivity contribution in [3.05, 3.63) is 0 Å². The fraction of sp³-hybridized carbons (Fsp3) is 0.733. The Labute approximate surface area is 120 Å². The van der Waals surface area contributed by atoms with Crippen LogP contribution in [0.5, 0.6) is 0 Å². The van der Waals surface area contributed by atoms with Gasteiger partial charge in [-0.2, -0.15) is 0 Å². The Morgan fingerprint density at radius 2 is 2.00 bits per heavy atom. The van der Waals surface area contributed by atoms with Gasteiger partial charge in [0.1, 0.15) is 5.60 Å². The fourth-order valence-electron chi connectivity index (χ4n) is 2.35. The lowest BCUT2D eigenvalue weighted by Crippen LogP contribution is -2.54. The third-order valence-electron chi connectivity index (χ3n) is 3.23. The quantitative estimate of drug-likeness (QED) is 0.576. The molecule has 1 rings (SSSR count). The lowest BCUT2D eigenvalue weighted by molar-refractivity contribution is -0.152. The molecule has 1 aliphatic rings. The number of esters is 1. The molecule has 5 heteroatoms. The molecule has 112 valence electrons. The molecule has 1 heterocycles. The van der Waals surface area contributed by atoms with E-state index in [1.165, 1.54) is 12.0 Å². The highest BCUT2D eigenvalue weighted by Gasteiger charge is 2.51. The molecule has 0 saturated carbocycles. The summed E-state index contributed by atoms with van der Waals surface area (Å²) in [6.45, 7) is 7.58. The molecule has 0 aliphatic carbocycles. The molecule has 1 atom stereocenters. The first-order valence-electron chi connectivity index (χ1n) is 6.75. The second kappa shape index (κ2) is 6.17. The maximum atomic E-state index is 12.3. The monoisotopic (exact) mass is 281 g/mol. The molecule has 1 unspecified atom stereocenters. The molecule has 0 aromatic carbocycles. The van der Waals surface area contributed by atoms with Crippen molar-refractivity contribution in [2.24, 2.45) is 0 Å². The van der Waals surface area contributed by atoms with Crippen molar-refractivity contribution < 1.29 is 19.1 Å². The van der Waals surface area contributed by atoms with E-state index in [0.29, 0.717) is 13.0 Å². The van der Waals surface area contributed by atoms with E-state index in [1.807, 2.05) is 0 Å². The second-order valence-electron chi connectivity index (χ2n) is 5.86. The van der Waals surface area contributed by atoms with Crippen LogP contribution in [0.4, 0.5) is 4.79 Å². The van der Waals surface area contributed by atoms with E-state index in [-0.39, 0.29) is 6.42 Å². The molecule has 1 fully saturated rings. The molecule has 1 aliphatic heterocycles. The average Bonchev–Trinajstić information content (AvgIpc) is 2.78. The highest BCUT2D eigenvalue weighted by molar-refractivity contribution is 5.87. The van der Waals surface area contributed by atoms with Crippen LogP contribution in [0.15, 0.2) is 0 Å². The van der Waals surface area contributed by atoms with Crippen molar-refractivity contribution in [3.8, 4) is 11.8 Å². The Bertz CT molecular complexity index is 441. The van der Waals surface area contributed by atoms with Crippen LogP contribution in [0.2, 0.25) is 0 Å². The molecule has 0 aromatic heterocycles. The summed E-state index contributed by atoms with van der Waals surface area (Å²) in [6, 6.07) is 0. The number of carbonyl (C=O) groups excluding carboxylic acids is 2. The highest BCUT2D eigenvalue weighted by atomic mass is 16.6. The summed E-state index contributed by atoms with van der Waals surface area (Å²) in [6.07, 6.45) is 1.07. The van der Waals surface area contributed by atoms with Crippen molar-refractivity contribution in [2.75, 3.05) is 13.7 Å². The molecular formula is C15H23NO4. The molecule has 0 aromatic rings. The number of ether oxygens (including phenoxy) is 2. The smallest absolute Gasteiger partial charge is 0.411 e. The Morgan fingerprint density at radius 3 is 2.50 bits per heavy atom. The molecule has 0 N–H and O–H groups in total. The van der Waals surface area contributed by atoms with Gasteiger partial charge in [-0.05, 0) is 40.5 Å². The summed E-state index contributed by atoms with van der Waals surface area (Å²) >= 11 is 0. The van der Waals surface area contributed by atoms with Crippen molar-refractivity contribution >= 4 is 12.1 Å². The Balaban J connectivity index is 3.04. The van der Waals surface area contributed by atoms with Crippen molar-refractivity contribution in [1.29, 1.82) is 0 Å². The first kappa shape index (κ1) is 16.4. The first-order valence-corrected chi connectivity index (χ1v) is 6.75. The molecule has 5 nitrogen and oxygen atoms in total. The lowest BCUT2D eigenvalue weighted by Gasteiger charge is -2.35. The molecular weight excluding hydrogens is 258 g/mol. The number of hydrogen-bond acceptors (Lipinski definition) is 4. The number of carbonyl (C=O) groups is 2. The number of amides is 1. The number of methoxy groups -OCH3 is 1. The van der Waals surface area contributed by atoms with E-state index >= 15 is 0 Å². The van der Waals surface area contributed by atoms with Gasteiger partial charge in [0.05, 0.1) is 7.11 Å². The summed E-state index contributed by atoms with van der Waals surface area (Å²) in [4.78, 5) is 26.0. The molecule has 20 heavy (non-hydrogen) atoms. The number of likely N-dealkylation sites (tertiary alicyclic amines) is 1. The minimum absolute atomic E-state index is 0.273. The van der Waals surface area contributed by atoms with Gasteiger partial charge in [-0.1, -0.05) is 0 Å². The third-order valence-corrected chi connectivity index (χ3v) is 3.23. The van der Waals surface area contributed by atoms with E-state index in [4.69, 9.17) is 9.47 Å². The maximum Gasteiger partial charge on any atom is 0.411 e. The zero-order valence-corrected chi connectivity index (χ0v) is 12.9. The van der Waals surface area contributed by atoms with E-state index in [1.54, 1.807) is 27.7 Å². The van der Waals surface area contributed by atoms with Gasteiger partial charge >= 0.3 is 12.1 Å². The summed E-state index contributed by atoms with van der Waals surface area (Å²) in [5, 5.41) is 0. The van der Waals surface area contributed by atoms with E-state index in [2.05, 4.69) is 11.8 Å². The highest BCUT2D eigenvalue weighted by Crippen LogP contribution is 2.34. The summed E-state index contributed by atoms with van der Waals surface area (Å²) in [5.74, 6) is 5.24. The fourth-order valence-corrected chi connectivity index (χ4v) is 2.35. The van der Waals surface area contributed by atoms with Crippen LogP contribution >= 0.6 is 0 Å². The minimum Gasteiger partial charge on any atom is -0.467 e. The number of rotatable bonds is 2. The predicted octanol–water partition coefficient (Wildman–Crippen LogP) is 2.34. The van der Waals surface area contributed by atoms with Gasteiger partial charge in [0.15, 0.2) is 5.54 Å². The van der Waals surface area contributed by atoms with Gasteiger partial charge < -0.3 is 9.47 Å². The second-order valence-corrected chi connectivity index (χ2v) is 5.86. The van der Waals surface area contributed by atoms with Gasteiger partial charge in [0.2, 0.25) is 0 Å². The van der Waals surface area contributed by atoms with Gasteiger partial charge in [-0.25, -0.2) is 9.59 Å². The van der Waals surface area contributed by atoms with Gasteiger partial charge in [0.25, 0.3) is 0 Å². The predicted molar refractivity (Wildman–Crippen MR) is 75.0 cm³/mol. The standard InChI is InChI=1S/C15H23NO4/c1-6-7-9-15(12(17)19-5)10-8-11-16(15)13(18)20-14(2,3)4/h8-11H2,1-5H3. The average molecular weight is 281 g/mol. The normalized spacial score (nSPS) is 21.9. The van der Waals surface area contributed by atoms with Gasteiger partial charge in [-0.15, -0.1) is 11.8 Å². The maximum absolute atomic E-state index is 12.3. The summed E-state index contributed by atoms with van der Waals surface area (Å²) in [5.41, 5.74) is -1.61. The Kier molecular flexibility index (Phi) is 5.04. The van der Waals surface area contributed by atoms with Crippen molar-refractivity contribution in [2.45, 2.75) is 58.1 Å². The van der Waals surface area contributed by atoms with Crippen LogP contribution in [-0.2, 0) is 14.3 Å². The van der Waals surface area contributed by atoms with Gasteiger partial charge in [0, 0.05) is 13.0 Å². The van der Waals surface area contributed by atoms with E-state index < -0.39 is 23.2 Å². The van der Waals surface area contributed by atoms with Crippen LogP contribution in [-0.4, -0.2) is 41.8 Å². The van der Waals surface area contributed by atoms with Crippen LogP contribution in [0.1, 0.15) is 47.0 Å². The third kappa shape index (κ3) is 3.44. The first-order chi connectivity index (χ1) is 9.27. The lowest BCUT2D eigenvalue weighted by atomic mass is 9.92. The molecule has 0 bridgehead atoms. The van der Waals surface area contributed by atoms with Crippen LogP contribution < -0.4 is 0 Å². The van der Waals surface area contributed by atoms with Crippen molar-refractivity contribution in [1.82, 2.24) is 4.90 Å². The summed E-state index contributed by atoms with van der Waals surface area (Å²) < 4.78 is 10.3. The largest absolute Gasteiger partial charge is 0.467 e. The summed E-state index contributed by atoms with van der Waals surface area (Å²) in [7, 11) is 1.33. The Hall–Kier alpha value is -1.70.